The monoisotopic (exact) mass is 236 g/mol. The van der Waals surface area contributed by atoms with Crippen LogP contribution in [0.1, 0.15) is 59.3 Å². The summed E-state index contributed by atoms with van der Waals surface area (Å²) in [5.74, 6) is 0. The molecule has 0 saturated heterocycles. The predicted octanol–water partition coefficient (Wildman–Crippen LogP) is 4.26. The van der Waals surface area contributed by atoms with Crippen molar-refractivity contribution in [3.8, 4) is 0 Å². The molecule has 0 rings (SSSR count). The zero-order valence-corrected chi connectivity index (χ0v) is 12.0. The standard InChI is InChI=1S/C13H30N.ClH/c1-5-8-11-14(4,12-9-6-2)13-10-7-3;/h5-13H2,1-4H3;1H/q+1;. The maximum Gasteiger partial charge on any atom is 0.0784 e. The van der Waals surface area contributed by atoms with Crippen LogP contribution in [-0.4, -0.2) is 31.2 Å². The highest BCUT2D eigenvalue weighted by molar-refractivity contribution is 5.85. The minimum atomic E-state index is 0. The van der Waals surface area contributed by atoms with Gasteiger partial charge in [0, 0.05) is 0 Å². The molecule has 0 amide bonds. The summed E-state index contributed by atoms with van der Waals surface area (Å²) in [4.78, 5) is 0. The van der Waals surface area contributed by atoms with Gasteiger partial charge in [-0.05, 0) is 19.3 Å². The van der Waals surface area contributed by atoms with E-state index in [2.05, 4.69) is 27.8 Å². The molecule has 0 radical (unpaired) electrons. The fourth-order valence-electron chi connectivity index (χ4n) is 1.95. The SMILES string of the molecule is CCCC[N+](C)(CCCC)CCCC.Cl. The molecule has 0 heterocycles. The molecule has 0 N–H and O–H groups in total. The number of hydrogen-bond donors (Lipinski definition) is 0. The lowest BCUT2D eigenvalue weighted by molar-refractivity contribution is -0.910. The van der Waals surface area contributed by atoms with Crippen molar-refractivity contribution >= 4 is 12.4 Å². The highest BCUT2D eigenvalue weighted by Gasteiger charge is 2.18. The Bertz CT molecular complexity index is 104. The Morgan fingerprint density at radius 2 is 0.933 bits per heavy atom. The lowest BCUT2D eigenvalue weighted by Crippen LogP contribution is -2.46. The fourth-order valence-corrected chi connectivity index (χ4v) is 1.95. The molecule has 0 spiro atoms. The smallest absolute Gasteiger partial charge is 0.0784 e. The Hall–Kier alpha value is 0.250. The van der Waals surface area contributed by atoms with Crippen molar-refractivity contribution in [3.63, 3.8) is 0 Å². The summed E-state index contributed by atoms with van der Waals surface area (Å²) in [6, 6.07) is 0. The fraction of sp³-hybridized carbons (Fsp3) is 1.00. The van der Waals surface area contributed by atoms with E-state index in [1.165, 1.54) is 62.6 Å². The Labute approximate surface area is 103 Å². The van der Waals surface area contributed by atoms with Crippen LogP contribution in [0.4, 0.5) is 0 Å². The number of unbranched alkanes of at least 4 members (excludes halogenated alkanes) is 3. The van der Waals surface area contributed by atoms with Gasteiger partial charge in [-0.3, -0.25) is 0 Å². The van der Waals surface area contributed by atoms with E-state index in [1.807, 2.05) is 0 Å². The first kappa shape index (κ1) is 17.6. The summed E-state index contributed by atoms with van der Waals surface area (Å²) in [5, 5.41) is 0. The second-order valence-electron chi connectivity index (χ2n) is 4.85. The summed E-state index contributed by atoms with van der Waals surface area (Å²) in [6.45, 7) is 11.0. The van der Waals surface area contributed by atoms with Gasteiger partial charge in [-0.1, -0.05) is 40.0 Å². The molecule has 15 heavy (non-hydrogen) atoms. The molecule has 94 valence electrons. The summed E-state index contributed by atoms with van der Waals surface area (Å²) < 4.78 is 1.32. The summed E-state index contributed by atoms with van der Waals surface area (Å²) >= 11 is 0. The van der Waals surface area contributed by atoms with Crippen LogP contribution in [0.15, 0.2) is 0 Å². The second-order valence-corrected chi connectivity index (χ2v) is 4.85. The molecule has 2 heteroatoms. The molecule has 0 aliphatic carbocycles. The Balaban J connectivity index is 0. The molecule has 0 atom stereocenters. The normalized spacial score (nSPS) is 11.2. The van der Waals surface area contributed by atoms with Gasteiger partial charge in [0.15, 0.2) is 0 Å². The lowest BCUT2D eigenvalue weighted by Gasteiger charge is -2.34. The lowest BCUT2D eigenvalue weighted by atomic mass is 10.2. The largest absolute Gasteiger partial charge is 0.326 e. The van der Waals surface area contributed by atoms with Gasteiger partial charge in [0.25, 0.3) is 0 Å². The minimum absolute atomic E-state index is 0. The topological polar surface area (TPSA) is 0 Å². The molecular weight excluding hydrogens is 206 g/mol. The molecule has 0 fully saturated rings. The molecule has 0 unspecified atom stereocenters. The molecule has 0 aliphatic heterocycles. The van der Waals surface area contributed by atoms with Crippen molar-refractivity contribution < 1.29 is 4.48 Å². The average Bonchev–Trinajstić information content (AvgIpc) is 2.21. The minimum Gasteiger partial charge on any atom is -0.326 e. The van der Waals surface area contributed by atoms with Crippen molar-refractivity contribution in [2.45, 2.75) is 59.3 Å². The van der Waals surface area contributed by atoms with Crippen LogP contribution >= 0.6 is 12.4 Å². The van der Waals surface area contributed by atoms with Crippen molar-refractivity contribution in [1.29, 1.82) is 0 Å². The Kier molecular flexibility index (Phi) is 12.6. The van der Waals surface area contributed by atoms with Crippen LogP contribution in [0, 0.1) is 0 Å². The second kappa shape index (κ2) is 10.8. The maximum atomic E-state index is 2.45. The van der Waals surface area contributed by atoms with Crippen LogP contribution in [0.2, 0.25) is 0 Å². The van der Waals surface area contributed by atoms with E-state index < -0.39 is 0 Å². The van der Waals surface area contributed by atoms with E-state index in [0.29, 0.717) is 0 Å². The van der Waals surface area contributed by atoms with E-state index in [1.54, 1.807) is 0 Å². The Morgan fingerprint density at radius 1 is 0.667 bits per heavy atom. The molecular formula is C13H31ClN+. The number of nitrogens with zero attached hydrogens (tertiary/aromatic N) is 1. The number of rotatable bonds is 9. The Morgan fingerprint density at radius 3 is 1.13 bits per heavy atom. The van der Waals surface area contributed by atoms with Crippen LogP contribution in [-0.2, 0) is 0 Å². The molecule has 1 nitrogen and oxygen atoms in total. The van der Waals surface area contributed by atoms with E-state index in [-0.39, 0.29) is 12.4 Å². The first-order valence-electron chi connectivity index (χ1n) is 6.52. The first-order chi connectivity index (χ1) is 6.68. The first-order valence-corrected chi connectivity index (χ1v) is 6.52. The van der Waals surface area contributed by atoms with E-state index in [9.17, 15) is 0 Å². The third kappa shape index (κ3) is 9.19. The zero-order chi connectivity index (χ0) is 10.9. The average molecular weight is 237 g/mol. The van der Waals surface area contributed by atoms with Gasteiger partial charge >= 0.3 is 0 Å². The molecule has 0 aromatic rings. The molecule has 0 aromatic heterocycles. The van der Waals surface area contributed by atoms with E-state index in [4.69, 9.17) is 0 Å². The van der Waals surface area contributed by atoms with Crippen molar-refractivity contribution in [2.75, 3.05) is 26.7 Å². The third-order valence-corrected chi connectivity index (χ3v) is 3.15. The third-order valence-electron chi connectivity index (χ3n) is 3.15. The van der Waals surface area contributed by atoms with Crippen LogP contribution < -0.4 is 0 Å². The zero-order valence-electron chi connectivity index (χ0n) is 11.2. The number of quaternary nitrogens is 1. The van der Waals surface area contributed by atoms with Gasteiger partial charge in [-0.25, -0.2) is 0 Å². The van der Waals surface area contributed by atoms with Crippen molar-refractivity contribution in [3.05, 3.63) is 0 Å². The quantitative estimate of drug-likeness (QED) is 0.525. The predicted molar refractivity (Wildman–Crippen MR) is 72.8 cm³/mol. The van der Waals surface area contributed by atoms with Gasteiger partial charge in [-0.2, -0.15) is 0 Å². The van der Waals surface area contributed by atoms with Gasteiger partial charge < -0.3 is 4.48 Å². The summed E-state index contributed by atoms with van der Waals surface area (Å²) in [7, 11) is 2.45. The molecule has 0 aromatic carbocycles. The van der Waals surface area contributed by atoms with E-state index in [0.717, 1.165) is 0 Å². The summed E-state index contributed by atoms with van der Waals surface area (Å²) in [6.07, 6.45) is 8.20. The van der Waals surface area contributed by atoms with Crippen LogP contribution in [0.3, 0.4) is 0 Å². The summed E-state index contributed by atoms with van der Waals surface area (Å²) in [5.41, 5.74) is 0. The number of halogens is 1. The van der Waals surface area contributed by atoms with Gasteiger partial charge in [0.2, 0.25) is 0 Å². The van der Waals surface area contributed by atoms with Gasteiger partial charge in [0.1, 0.15) is 0 Å². The van der Waals surface area contributed by atoms with Crippen molar-refractivity contribution in [1.82, 2.24) is 0 Å². The van der Waals surface area contributed by atoms with Gasteiger partial charge in [-0.15, -0.1) is 12.4 Å². The van der Waals surface area contributed by atoms with E-state index >= 15 is 0 Å². The number of hydrogen-bond acceptors (Lipinski definition) is 0. The highest BCUT2D eigenvalue weighted by atomic mass is 35.5. The maximum absolute atomic E-state index is 2.45. The molecule has 0 bridgehead atoms. The highest BCUT2D eigenvalue weighted by Crippen LogP contribution is 2.10. The van der Waals surface area contributed by atoms with Gasteiger partial charge in [0.05, 0.1) is 26.7 Å². The molecule has 0 saturated carbocycles. The van der Waals surface area contributed by atoms with Crippen molar-refractivity contribution in [2.24, 2.45) is 0 Å². The van der Waals surface area contributed by atoms with Crippen LogP contribution in [0.5, 0.6) is 0 Å². The molecule has 0 aliphatic rings. The van der Waals surface area contributed by atoms with Crippen LogP contribution in [0.25, 0.3) is 0 Å².